The van der Waals surface area contributed by atoms with Gasteiger partial charge in [0.05, 0.1) is 6.20 Å². The summed E-state index contributed by atoms with van der Waals surface area (Å²) < 4.78 is 40.7. The van der Waals surface area contributed by atoms with Crippen LogP contribution in [0.4, 0.5) is 34.5 Å². The van der Waals surface area contributed by atoms with Crippen molar-refractivity contribution in [2.24, 2.45) is 7.05 Å². The molecule has 3 rings (SSSR count). The van der Waals surface area contributed by atoms with E-state index < -0.39 is 29.7 Å². The van der Waals surface area contributed by atoms with Crippen molar-refractivity contribution >= 4 is 61.7 Å². The summed E-state index contributed by atoms with van der Waals surface area (Å²) in [7, 11) is 2.79. The third-order valence-electron chi connectivity index (χ3n) is 4.98. The Morgan fingerprint density at radius 1 is 1.08 bits per heavy atom. The molecule has 0 spiro atoms. The molecule has 1 aliphatic heterocycles. The smallest absolute Gasteiger partial charge is 0.444 e. The van der Waals surface area contributed by atoms with Gasteiger partial charge in [0.25, 0.3) is 5.91 Å². The minimum atomic E-state index is -4.74. The number of thiazole rings is 1. The summed E-state index contributed by atoms with van der Waals surface area (Å²) in [4.78, 5) is 41.2. The van der Waals surface area contributed by atoms with Crippen LogP contribution in [-0.4, -0.2) is 64.6 Å². The van der Waals surface area contributed by atoms with Crippen molar-refractivity contribution in [1.82, 2.24) is 20.1 Å². The number of halogens is 4. The molecule has 3 heterocycles. The molecule has 11 nitrogen and oxygen atoms in total. The molecule has 0 saturated carbocycles. The summed E-state index contributed by atoms with van der Waals surface area (Å²) >= 11 is 4.44. The average Bonchev–Trinajstić information content (AvgIpc) is 3.21. The highest BCUT2D eigenvalue weighted by atomic mass is 79.9. The maximum absolute atomic E-state index is 13.0. The lowest BCUT2D eigenvalue weighted by molar-refractivity contribution is -0.172. The Bertz CT molecular complexity index is 1120. The van der Waals surface area contributed by atoms with E-state index in [9.17, 15) is 27.6 Å². The normalized spacial score (nSPS) is 14.1. The first-order valence-electron chi connectivity index (χ1n) is 11.7. The molecule has 38 heavy (non-hydrogen) atoms. The van der Waals surface area contributed by atoms with Gasteiger partial charge >= 0.3 is 18.2 Å². The number of nitrogens with one attached hydrogen (secondary N) is 3. The highest BCUT2D eigenvalue weighted by Gasteiger charge is 2.37. The van der Waals surface area contributed by atoms with Crippen molar-refractivity contribution in [3.05, 3.63) is 15.8 Å². The summed E-state index contributed by atoms with van der Waals surface area (Å²) in [5.74, 6) is -1.47. The number of carbonyl (C=O) groups is 3. The van der Waals surface area contributed by atoms with Crippen LogP contribution in [0.2, 0.25) is 0 Å². The van der Waals surface area contributed by atoms with Gasteiger partial charge in [-0.2, -0.15) is 18.3 Å². The number of amides is 3. The van der Waals surface area contributed by atoms with Crippen LogP contribution in [0.15, 0.2) is 10.1 Å². The van der Waals surface area contributed by atoms with Crippen LogP contribution in [0.25, 0.3) is 0 Å². The molecule has 0 unspecified atom stereocenters. The number of alkyl halides is 3. The van der Waals surface area contributed by atoms with Crippen molar-refractivity contribution in [3.63, 3.8) is 0 Å². The van der Waals surface area contributed by atoms with E-state index in [1.165, 1.54) is 18.2 Å². The van der Waals surface area contributed by atoms with E-state index in [0.29, 0.717) is 14.6 Å². The number of hydrogen-bond acceptors (Lipinski definition) is 8. The fraction of sp³-hybridized carbons (Fsp3) is 0.591. The van der Waals surface area contributed by atoms with E-state index in [0.717, 1.165) is 50.1 Å². The Hall–Kier alpha value is -2.88. The molecule has 0 atom stereocenters. The molecule has 1 fully saturated rings. The monoisotopic (exact) mass is 625 g/mol. The zero-order chi connectivity index (χ0) is 28.7. The number of aryl methyl sites for hydroxylation is 1. The molecule has 2 aromatic rings. The van der Waals surface area contributed by atoms with Gasteiger partial charge in [-0.15, -0.1) is 0 Å². The summed E-state index contributed by atoms with van der Waals surface area (Å²) in [6, 6.07) is 0. The average molecular weight is 626 g/mol. The number of hydrogen-bond donors (Lipinski definition) is 3. The van der Waals surface area contributed by atoms with Crippen molar-refractivity contribution in [2.45, 2.75) is 58.2 Å². The fourth-order valence-corrected chi connectivity index (χ4v) is 4.77. The Balaban J connectivity index is 0.000000550. The van der Waals surface area contributed by atoms with Crippen molar-refractivity contribution in [2.75, 3.05) is 35.7 Å². The van der Waals surface area contributed by atoms with Crippen LogP contribution < -0.4 is 20.9 Å². The third-order valence-corrected chi connectivity index (χ3v) is 6.40. The molecule has 16 heteroatoms. The number of ether oxygens (including phenoxy) is 1. The maximum atomic E-state index is 13.0. The van der Waals surface area contributed by atoms with Crippen LogP contribution in [0.3, 0.4) is 0 Å². The highest BCUT2D eigenvalue weighted by molar-refractivity contribution is 9.11. The third kappa shape index (κ3) is 9.45. The van der Waals surface area contributed by atoms with Crippen molar-refractivity contribution in [1.29, 1.82) is 0 Å². The maximum Gasteiger partial charge on any atom is 0.471 e. The van der Waals surface area contributed by atoms with Gasteiger partial charge in [0.1, 0.15) is 16.3 Å². The minimum absolute atomic E-state index is 0.114. The Morgan fingerprint density at radius 3 is 2.18 bits per heavy atom. The number of nitrogens with zero attached hydrogens (tertiary/aromatic N) is 4. The molecule has 0 radical (unpaired) electrons. The van der Waals surface area contributed by atoms with Crippen LogP contribution in [-0.2, 0) is 16.6 Å². The van der Waals surface area contributed by atoms with Crippen LogP contribution >= 0.6 is 27.3 Å². The largest absolute Gasteiger partial charge is 0.471 e. The number of carbonyl (C=O) groups excluding carboxylic acids is 3. The van der Waals surface area contributed by atoms with E-state index in [2.05, 4.69) is 41.5 Å². The predicted octanol–water partition coefficient (Wildman–Crippen LogP) is 4.91. The summed E-state index contributed by atoms with van der Waals surface area (Å²) in [5.41, 5.74) is 0.0896. The predicted molar refractivity (Wildman–Crippen MR) is 142 cm³/mol. The number of anilines is 3. The van der Waals surface area contributed by atoms with Gasteiger partial charge in [0.2, 0.25) is 0 Å². The van der Waals surface area contributed by atoms with Crippen molar-refractivity contribution in [3.8, 4) is 0 Å². The van der Waals surface area contributed by atoms with Gasteiger partial charge in [-0.1, -0.05) is 24.2 Å². The van der Waals surface area contributed by atoms with Crippen LogP contribution in [0.1, 0.15) is 56.9 Å². The van der Waals surface area contributed by atoms with E-state index in [1.807, 2.05) is 7.05 Å². The Kier molecular flexibility index (Phi) is 10.9. The molecule has 0 aliphatic carbocycles. The van der Waals surface area contributed by atoms with Crippen molar-refractivity contribution < 1.29 is 32.3 Å². The van der Waals surface area contributed by atoms with Gasteiger partial charge in [-0.3, -0.25) is 19.6 Å². The van der Waals surface area contributed by atoms with Crippen LogP contribution in [0.5, 0.6) is 0 Å². The highest BCUT2D eigenvalue weighted by Crippen LogP contribution is 2.32. The SMILES string of the molecule is CNC(=O)C(F)(F)F.Cn1ncc(NC(=O)c2nc(Br)sc2NC(=O)OC(C)(C)C)c1N1CCCCCC1. The number of rotatable bonds is 4. The summed E-state index contributed by atoms with van der Waals surface area (Å²) in [6.45, 7) is 7.17. The summed E-state index contributed by atoms with van der Waals surface area (Å²) in [6.07, 6.45) is 0.906. The van der Waals surface area contributed by atoms with E-state index in [4.69, 9.17) is 4.74 Å². The molecule has 212 valence electrons. The molecular formula is C22H31BrF3N7O4S. The second-order valence-corrected chi connectivity index (χ2v) is 11.5. The Labute approximate surface area is 230 Å². The van der Waals surface area contributed by atoms with Gasteiger partial charge in [0, 0.05) is 27.2 Å². The second kappa shape index (κ2) is 13.3. The molecule has 2 aromatic heterocycles. The molecule has 0 bridgehead atoms. The second-order valence-electron chi connectivity index (χ2n) is 9.21. The van der Waals surface area contributed by atoms with E-state index in [1.54, 1.807) is 31.6 Å². The number of aromatic nitrogens is 3. The van der Waals surface area contributed by atoms with Crippen LogP contribution in [0, 0.1) is 0 Å². The molecule has 3 N–H and O–H groups in total. The molecule has 1 aliphatic rings. The Morgan fingerprint density at radius 2 is 1.68 bits per heavy atom. The first kappa shape index (κ1) is 31.3. The topological polar surface area (TPSA) is 130 Å². The van der Waals surface area contributed by atoms with E-state index >= 15 is 0 Å². The molecule has 0 aromatic carbocycles. The molecule has 1 saturated heterocycles. The van der Waals surface area contributed by atoms with Gasteiger partial charge in [-0.05, 0) is 49.5 Å². The van der Waals surface area contributed by atoms with Gasteiger partial charge < -0.3 is 20.3 Å². The lowest BCUT2D eigenvalue weighted by Gasteiger charge is -2.24. The van der Waals surface area contributed by atoms with E-state index in [-0.39, 0.29) is 5.69 Å². The zero-order valence-electron chi connectivity index (χ0n) is 21.7. The molecular weight excluding hydrogens is 595 g/mol. The quantitative estimate of drug-likeness (QED) is 0.440. The molecule has 3 amide bonds. The van der Waals surface area contributed by atoms with Gasteiger partial charge in [0.15, 0.2) is 15.4 Å². The lowest BCUT2D eigenvalue weighted by atomic mass is 10.2. The van der Waals surface area contributed by atoms with Gasteiger partial charge in [-0.25, -0.2) is 9.78 Å². The first-order valence-corrected chi connectivity index (χ1v) is 13.3. The standard InChI is InChI=1S/C19H27BrN6O3S.C3H4F3NO/c1-19(2,3)29-18(28)24-15-13(23-17(20)30-15)14(27)22-12-11-21-25(4)16(12)26-9-7-5-6-8-10-26;1-7-2(8)3(4,5)6/h11H,5-10H2,1-4H3,(H,22,27)(H,24,28);1H3,(H,7,8). The minimum Gasteiger partial charge on any atom is -0.444 e. The first-order chi connectivity index (χ1) is 17.6. The fourth-order valence-electron chi connectivity index (χ4n) is 3.43. The zero-order valence-corrected chi connectivity index (χ0v) is 24.1. The summed E-state index contributed by atoms with van der Waals surface area (Å²) in [5, 5.41) is 11.6. The lowest BCUT2D eigenvalue weighted by Crippen LogP contribution is -2.33.